The fraction of sp³-hybridized carbons (Fsp3) is 0.444. The van der Waals surface area contributed by atoms with Crippen LogP contribution in [-0.4, -0.2) is 30.9 Å². The molecule has 0 saturated carbocycles. The Labute approximate surface area is 140 Å². The van der Waals surface area contributed by atoms with Crippen molar-refractivity contribution >= 4 is 11.3 Å². The van der Waals surface area contributed by atoms with Crippen LogP contribution in [0.4, 0.5) is 0 Å². The molecule has 0 radical (unpaired) electrons. The molecule has 1 unspecified atom stereocenters. The van der Waals surface area contributed by atoms with Crippen molar-refractivity contribution in [2.24, 2.45) is 0 Å². The molecule has 4 nitrogen and oxygen atoms in total. The Morgan fingerprint density at radius 1 is 1.13 bits per heavy atom. The number of nitrogens with zero attached hydrogens (tertiary/aromatic N) is 1. The van der Waals surface area contributed by atoms with E-state index in [1.807, 2.05) is 17.4 Å². The van der Waals surface area contributed by atoms with Crippen molar-refractivity contribution in [3.8, 4) is 11.5 Å². The quantitative estimate of drug-likeness (QED) is 0.808. The molecule has 5 heteroatoms. The first kappa shape index (κ1) is 15.0. The van der Waals surface area contributed by atoms with Crippen LogP contribution >= 0.6 is 11.3 Å². The van der Waals surface area contributed by atoms with Crippen LogP contribution in [0, 0.1) is 0 Å². The standard InChI is InChI=1S/C18H21NO3S/c1-3-15(20-7-1)11-19(12-16-4-2-8-23-16)10-14-5-6-17-18(9-14)22-13-21-17/h2,4-6,8-9,15H,1,3,7,10-13H2. The Hall–Kier alpha value is -1.56. The number of hydrogen-bond acceptors (Lipinski definition) is 5. The van der Waals surface area contributed by atoms with Crippen LogP contribution < -0.4 is 9.47 Å². The average Bonchev–Trinajstić information content (AvgIpc) is 3.29. The largest absolute Gasteiger partial charge is 0.454 e. The second-order valence-electron chi connectivity index (χ2n) is 6.07. The summed E-state index contributed by atoms with van der Waals surface area (Å²) in [6.45, 7) is 4.07. The van der Waals surface area contributed by atoms with E-state index in [1.54, 1.807) is 0 Å². The van der Waals surface area contributed by atoms with Crippen molar-refractivity contribution in [3.05, 3.63) is 46.2 Å². The van der Waals surface area contributed by atoms with Gasteiger partial charge in [-0.3, -0.25) is 4.90 Å². The van der Waals surface area contributed by atoms with Gasteiger partial charge in [-0.2, -0.15) is 0 Å². The number of rotatable bonds is 6. The lowest BCUT2D eigenvalue weighted by atomic mass is 10.1. The highest BCUT2D eigenvalue weighted by Gasteiger charge is 2.21. The summed E-state index contributed by atoms with van der Waals surface area (Å²) in [7, 11) is 0. The molecule has 0 amide bonds. The molecule has 2 aliphatic rings. The minimum absolute atomic E-state index is 0.327. The van der Waals surface area contributed by atoms with Gasteiger partial charge in [0.05, 0.1) is 6.10 Å². The smallest absolute Gasteiger partial charge is 0.231 e. The molecule has 23 heavy (non-hydrogen) atoms. The van der Waals surface area contributed by atoms with Crippen molar-refractivity contribution < 1.29 is 14.2 Å². The Balaban J connectivity index is 1.47. The third-order valence-electron chi connectivity index (χ3n) is 4.29. The van der Waals surface area contributed by atoms with E-state index >= 15 is 0 Å². The summed E-state index contributed by atoms with van der Waals surface area (Å²) in [5, 5.41) is 2.14. The van der Waals surface area contributed by atoms with Gasteiger partial charge >= 0.3 is 0 Å². The van der Waals surface area contributed by atoms with Crippen molar-refractivity contribution in [1.29, 1.82) is 0 Å². The highest BCUT2D eigenvalue weighted by Crippen LogP contribution is 2.33. The van der Waals surface area contributed by atoms with Crippen LogP contribution in [0.2, 0.25) is 0 Å². The maximum absolute atomic E-state index is 5.83. The zero-order valence-corrected chi connectivity index (χ0v) is 13.9. The average molecular weight is 331 g/mol. The van der Waals surface area contributed by atoms with Crippen LogP contribution in [0.15, 0.2) is 35.7 Å². The Morgan fingerprint density at radius 3 is 2.91 bits per heavy atom. The summed E-state index contributed by atoms with van der Waals surface area (Å²) in [5.74, 6) is 1.70. The van der Waals surface area contributed by atoms with Crippen LogP contribution in [0.5, 0.6) is 11.5 Å². The van der Waals surface area contributed by atoms with E-state index in [4.69, 9.17) is 14.2 Å². The van der Waals surface area contributed by atoms with Gasteiger partial charge < -0.3 is 14.2 Å². The summed E-state index contributed by atoms with van der Waals surface area (Å²) in [6, 6.07) is 10.5. The van der Waals surface area contributed by atoms with E-state index in [2.05, 4.69) is 34.5 Å². The van der Waals surface area contributed by atoms with Crippen LogP contribution in [0.25, 0.3) is 0 Å². The van der Waals surface area contributed by atoms with Crippen molar-refractivity contribution in [2.75, 3.05) is 19.9 Å². The van der Waals surface area contributed by atoms with E-state index in [0.29, 0.717) is 12.9 Å². The third kappa shape index (κ3) is 3.68. The number of ether oxygens (including phenoxy) is 3. The van der Waals surface area contributed by atoms with Gasteiger partial charge in [-0.05, 0) is 42.0 Å². The minimum atomic E-state index is 0.327. The summed E-state index contributed by atoms with van der Waals surface area (Å²) in [6.07, 6.45) is 2.72. The van der Waals surface area contributed by atoms with Gasteiger partial charge in [-0.25, -0.2) is 0 Å². The molecule has 4 rings (SSSR count). The molecule has 1 saturated heterocycles. The number of thiophene rings is 1. The Morgan fingerprint density at radius 2 is 2.09 bits per heavy atom. The second kappa shape index (κ2) is 6.91. The van der Waals surface area contributed by atoms with Crippen LogP contribution in [0.3, 0.4) is 0 Å². The van der Waals surface area contributed by atoms with E-state index in [0.717, 1.165) is 37.7 Å². The van der Waals surface area contributed by atoms with E-state index in [9.17, 15) is 0 Å². The second-order valence-corrected chi connectivity index (χ2v) is 7.10. The van der Waals surface area contributed by atoms with Gasteiger partial charge in [-0.1, -0.05) is 12.1 Å². The number of hydrogen-bond donors (Lipinski definition) is 0. The lowest BCUT2D eigenvalue weighted by molar-refractivity contribution is 0.0682. The van der Waals surface area contributed by atoms with Crippen LogP contribution in [-0.2, 0) is 17.8 Å². The van der Waals surface area contributed by atoms with Gasteiger partial charge in [0.15, 0.2) is 11.5 Å². The number of fused-ring (bicyclic) bond motifs is 1. The lowest BCUT2D eigenvalue weighted by Crippen LogP contribution is -2.31. The molecule has 1 atom stereocenters. The monoisotopic (exact) mass is 331 g/mol. The summed E-state index contributed by atoms with van der Waals surface area (Å²) < 4.78 is 16.7. The Kier molecular flexibility index (Phi) is 4.50. The highest BCUT2D eigenvalue weighted by atomic mass is 32.1. The third-order valence-corrected chi connectivity index (χ3v) is 5.15. The van der Waals surface area contributed by atoms with Gasteiger partial charge in [-0.15, -0.1) is 11.3 Å². The summed E-state index contributed by atoms with van der Waals surface area (Å²) in [4.78, 5) is 3.86. The normalized spacial score (nSPS) is 19.6. The maximum atomic E-state index is 5.83. The van der Waals surface area contributed by atoms with Crippen molar-refractivity contribution in [1.82, 2.24) is 4.90 Å². The van der Waals surface area contributed by atoms with E-state index in [-0.39, 0.29) is 0 Å². The molecule has 122 valence electrons. The lowest BCUT2D eigenvalue weighted by Gasteiger charge is -2.25. The van der Waals surface area contributed by atoms with Crippen molar-refractivity contribution in [3.63, 3.8) is 0 Å². The maximum Gasteiger partial charge on any atom is 0.231 e. The fourth-order valence-corrected chi connectivity index (χ4v) is 3.93. The molecule has 3 heterocycles. The number of benzene rings is 1. The Bertz CT molecular complexity index is 638. The molecular formula is C18H21NO3S. The minimum Gasteiger partial charge on any atom is -0.454 e. The molecule has 0 N–H and O–H groups in total. The molecule has 0 aliphatic carbocycles. The topological polar surface area (TPSA) is 30.9 Å². The van der Waals surface area contributed by atoms with Gasteiger partial charge in [0.25, 0.3) is 0 Å². The summed E-state index contributed by atoms with van der Waals surface area (Å²) >= 11 is 1.81. The first-order chi connectivity index (χ1) is 11.4. The zero-order chi connectivity index (χ0) is 15.5. The zero-order valence-electron chi connectivity index (χ0n) is 13.1. The van der Waals surface area contributed by atoms with Crippen LogP contribution in [0.1, 0.15) is 23.3 Å². The van der Waals surface area contributed by atoms with Crippen molar-refractivity contribution in [2.45, 2.75) is 32.0 Å². The van der Waals surface area contributed by atoms with Gasteiger partial charge in [0, 0.05) is 31.1 Å². The molecule has 0 bridgehead atoms. The highest BCUT2D eigenvalue weighted by molar-refractivity contribution is 7.09. The molecule has 1 aromatic carbocycles. The SMILES string of the molecule is c1csc(CN(Cc2ccc3c(c2)OCO3)CC2CCCO2)c1. The first-order valence-electron chi connectivity index (χ1n) is 8.12. The predicted molar refractivity (Wildman–Crippen MR) is 90.0 cm³/mol. The van der Waals surface area contributed by atoms with E-state index in [1.165, 1.54) is 23.3 Å². The molecule has 0 spiro atoms. The molecule has 2 aliphatic heterocycles. The predicted octanol–water partition coefficient (Wildman–Crippen LogP) is 3.66. The molecule has 1 aromatic heterocycles. The molecule has 1 fully saturated rings. The van der Waals surface area contributed by atoms with Gasteiger partial charge in [0.1, 0.15) is 0 Å². The fourth-order valence-electron chi connectivity index (χ4n) is 3.18. The van der Waals surface area contributed by atoms with Gasteiger partial charge in [0.2, 0.25) is 6.79 Å². The first-order valence-corrected chi connectivity index (χ1v) is 9.00. The van der Waals surface area contributed by atoms with E-state index < -0.39 is 0 Å². The molecule has 2 aromatic rings. The summed E-state index contributed by atoms with van der Waals surface area (Å²) in [5.41, 5.74) is 1.25. The molecular weight excluding hydrogens is 310 g/mol.